The lowest BCUT2D eigenvalue weighted by Crippen LogP contribution is -2.47. The lowest BCUT2D eigenvalue weighted by Gasteiger charge is -2.34. The van der Waals surface area contributed by atoms with Gasteiger partial charge in [-0.3, -0.25) is 9.21 Å². The maximum absolute atomic E-state index is 13.2. The maximum Gasteiger partial charge on any atom is 0.264 e. The molecule has 0 bridgehead atoms. The molecule has 2 aromatic rings. The standard InChI is InChI=1S/C24H31N3O3S2/c28-32(29,22-5-2-1-3-6-22)27-16-18-31-24-10-9-21(19-23(24)27)30-17-4-11-25-12-14-26(15-13-25)20-7-8-20/h1-3,5-6,9-10,19-20H,4,7-8,11-18H2. The molecule has 0 atom stereocenters. The molecule has 2 heterocycles. The lowest BCUT2D eigenvalue weighted by atomic mass is 10.2. The average molecular weight is 474 g/mol. The molecule has 2 fully saturated rings. The summed E-state index contributed by atoms with van der Waals surface area (Å²) < 4.78 is 34.0. The summed E-state index contributed by atoms with van der Waals surface area (Å²) in [5.74, 6) is 1.48. The number of ether oxygens (including phenoxy) is 1. The van der Waals surface area contributed by atoms with Gasteiger partial charge in [0, 0.05) is 62.0 Å². The van der Waals surface area contributed by atoms with Crippen molar-refractivity contribution < 1.29 is 13.2 Å². The monoisotopic (exact) mass is 473 g/mol. The number of nitrogens with zero attached hydrogens (tertiary/aromatic N) is 3. The lowest BCUT2D eigenvalue weighted by molar-refractivity contribution is 0.121. The molecule has 0 aromatic heterocycles. The van der Waals surface area contributed by atoms with Crippen molar-refractivity contribution in [1.82, 2.24) is 9.80 Å². The van der Waals surface area contributed by atoms with E-state index < -0.39 is 10.0 Å². The Labute approximate surface area is 195 Å². The van der Waals surface area contributed by atoms with Crippen molar-refractivity contribution in [3.8, 4) is 5.75 Å². The first-order valence-corrected chi connectivity index (χ1v) is 14.0. The van der Waals surface area contributed by atoms with Crippen molar-refractivity contribution in [3.05, 3.63) is 48.5 Å². The zero-order valence-corrected chi connectivity index (χ0v) is 20.0. The van der Waals surface area contributed by atoms with Crippen molar-refractivity contribution in [3.63, 3.8) is 0 Å². The SMILES string of the molecule is O=S(=O)(c1ccccc1)N1CCSc2ccc(OCCCN3CCN(C4CC4)CC3)cc21. The fourth-order valence-electron chi connectivity index (χ4n) is 4.50. The topological polar surface area (TPSA) is 53.1 Å². The van der Waals surface area contributed by atoms with Crippen molar-refractivity contribution >= 4 is 27.5 Å². The number of anilines is 1. The van der Waals surface area contributed by atoms with Gasteiger partial charge in [-0.05, 0) is 43.5 Å². The molecule has 32 heavy (non-hydrogen) atoms. The summed E-state index contributed by atoms with van der Waals surface area (Å²) in [6.07, 6.45) is 3.75. The fraction of sp³-hybridized carbons (Fsp3) is 0.500. The Bertz CT molecular complexity index is 1020. The van der Waals surface area contributed by atoms with Crippen LogP contribution in [0.25, 0.3) is 0 Å². The van der Waals surface area contributed by atoms with Gasteiger partial charge in [0.1, 0.15) is 5.75 Å². The van der Waals surface area contributed by atoms with E-state index in [0.717, 1.165) is 54.2 Å². The van der Waals surface area contributed by atoms with E-state index in [0.29, 0.717) is 18.0 Å². The summed E-state index contributed by atoms with van der Waals surface area (Å²) in [6.45, 7) is 6.84. The second-order valence-corrected chi connectivity index (χ2v) is 11.7. The van der Waals surface area contributed by atoms with Gasteiger partial charge >= 0.3 is 0 Å². The van der Waals surface area contributed by atoms with E-state index in [9.17, 15) is 8.42 Å². The number of piperazine rings is 1. The molecule has 2 aliphatic heterocycles. The van der Waals surface area contributed by atoms with E-state index in [4.69, 9.17) is 4.74 Å². The molecule has 3 aliphatic rings. The highest BCUT2D eigenvalue weighted by atomic mass is 32.2. The third-order valence-electron chi connectivity index (χ3n) is 6.44. The Balaban J connectivity index is 1.18. The van der Waals surface area contributed by atoms with E-state index in [1.165, 1.54) is 30.2 Å². The summed E-state index contributed by atoms with van der Waals surface area (Å²) in [5, 5.41) is 0. The van der Waals surface area contributed by atoms with Gasteiger partial charge in [-0.25, -0.2) is 8.42 Å². The quantitative estimate of drug-likeness (QED) is 0.547. The minimum Gasteiger partial charge on any atom is -0.493 e. The molecule has 1 aliphatic carbocycles. The average Bonchev–Trinajstić information content (AvgIpc) is 3.68. The Hall–Kier alpha value is -1.74. The molecule has 0 unspecified atom stereocenters. The van der Waals surface area contributed by atoms with Crippen LogP contribution in [0.3, 0.4) is 0 Å². The van der Waals surface area contributed by atoms with Crippen LogP contribution in [0, 0.1) is 0 Å². The summed E-state index contributed by atoms with van der Waals surface area (Å²) in [4.78, 5) is 6.47. The normalized spacial score (nSPS) is 20.2. The van der Waals surface area contributed by atoms with E-state index >= 15 is 0 Å². The number of thioether (sulfide) groups is 1. The predicted octanol–water partition coefficient (Wildman–Crippen LogP) is 3.54. The second-order valence-electron chi connectivity index (χ2n) is 8.68. The molecule has 1 saturated heterocycles. The maximum atomic E-state index is 13.2. The zero-order valence-electron chi connectivity index (χ0n) is 18.4. The molecule has 2 aromatic carbocycles. The zero-order chi connectivity index (χ0) is 22.0. The Morgan fingerprint density at radius 1 is 0.969 bits per heavy atom. The van der Waals surface area contributed by atoms with Crippen LogP contribution < -0.4 is 9.04 Å². The molecular formula is C24H31N3O3S2. The van der Waals surface area contributed by atoms with Crippen molar-refractivity contribution in [2.45, 2.75) is 35.1 Å². The van der Waals surface area contributed by atoms with E-state index in [1.54, 1.807) is 36.0 Å². The second kappa shape index (κ2) is 9.63. The van der Waals surface area contributed by atoms with Crippen LogP contribution in [0.2, 0.25) is 0 Å². The highest BCUT2D eigenvalue weighted by Gasteiger charge is 2.31. The highest BCUT2D eigenvalue weighted by molar-refractivity contribution is 8.00. The van der Waals surface area contributed by atoms with Gasteiger partial charge in [0.2, 0.25) is 0 Å². The van der Waals surface area contributed by atoms with Gasteiger partial charge in [0.25, 0.3) is 10.0 Å². The molecule has 0 spiro atoms. The number of rotatable bonds is 8. The Morgan fingerprint density at radius 2 is 1.75 bits per heavy atom. The number of fused-ring (bicyclic) bond motifs is 1. The minimum absolute atomic E-state index is 0.325. The van der Waals surface area contributed by atoms with Gasteiger partial charge in [-0.2, -0.15) is 0 Å². The van der Waals surface area contributed by atoms with Crippen LogP contribution in [0.4, 0.5) is 5.69 Å². The smallest absolute Gasteiger partial charge is 0.264 e. The molecule has 0 N–H and O–H groups in total. The summed E-state index contributed by atoms with van der Waals surface area (Å²) >= 11 is 1.69. The summed E-state index contributed by atoms with van der Waals surface area (Å²) in [7, 11) is -3.58. The van der Waals surface area contributed by atoms with Crippen LogP contribution in [0.1, 0.15) is 19.3 Å². The van der Waals surface area contributed by atoms with Gasteiger partial charge < -0.3 is 9.64 Å². The van der Waals surface area contributed by atoms with E-state index in [-0.39, 0.29) is 0 Å². The van der Waals surface area contributed by atoms with Gasteiger partial charge in [0.05, 0.1) is 17.2 Å². The Morgan fingerprint density at radius 3 is 2.50 bits per heavy atom. The third kappa shape index (κ3) is 4.93. The highest BCUT2D eigenvalue weighted by Crippen LogP contribution is 2.40. The van der Waals surface area contributed by atoms with Crippen LogP contribution in [0.5, 0.6) is 5.75 Å². The molecular weight excluding hydrogens is 442 g/mol. The molecule has 0 amide bonds. The van der Waals surface area contributed by atoms with E-state index in [2.05, 4.69) is 9.80 Å². The Kier molecular flexibility index (Phi) is 6.64. The van der Waals surface area contributed by atoms with E-state index in [1.807, 2.05) is 24.3 Å². The summed E-state index contributed by atoms with van der Waals surface area (Å²) in [6, 6.07) is 15.4. The van der Waals surface area contributed by atoms with Crippen LogP contribution in [-0.2, 0) is 10.0 Å². The first-order valence-electron chi connectivity index (χ1n) is 11.6. The number of benzene rings is 2. The molecule has 5 rings (SSSR count). The van der Waals surface area contributed by atoms with Crippen molar-refractivity contribution in [2.75, 3.05) is 55.9 Å². The molecule has 6 nitrogen and oxygen atoms in total. The minimum atomic E-state index is -3.58. The van der Waals surface area contributed by atoms with Crippen LogP contribution in [-0.4, -0.2) is 75.9 Å². The fourth-order valence-corrected chi connectivity index (χ4v) is 7.15. The predicted molar refractivity (Wildman–Crippen MR) is 129 cm³/mol. The molecule has 8 heteroatoms. The van der Waals surface area contributed by atoms with Crippen LogP contribution in [0.15, 0.2) is 58.3 Å². The largest absolute Gasteiger partial charge is 0.493 e. The summed E-state index contributed by atoms with van der Waals surface area (Å²) in [5.41, 5.74) is 0.721. The van der Waals surface area contributed by atoms with Crippen molar-refractivity contribution in [2.24, 2.45) is 0 Å². The molecule has 172 valence electrons. The number of sulfonamides is 1. The molecule has 0 radical (unpaired) electrons. The van der Waals surface area contributed by atoms with Crippen LogP contribution >= 0.6 is 11.8 Å². The first kappa shape index (κ1) is 22.1. The van der Waals surface area contributed by atoms with Gasteiger partial charge in [-0.15, -0.1) is 11.8 Å². The number of hydrogen-bond donors (Lipinski definition) is 0. The van der Waals surface area contributed by atoms with Crippen molar-refractivity contribution in [1.29, 1.82) is 0 Å². The third-order valence-corrected chi connectivity index (χ3v) is 9.31. The number of hydrogen-bond acceptors (Lipinski definition) is 6. The first-order chi connectivity index (χ1) is 15.6. The van der Waals surface area contributed by atoms with Gasteiger partial charge in [-0.1, -0.05) is 18.2 Å². The molecule has 1 saturated carbocycles. The van der Waals surface area contributed by atoms with Gasteiger partial charge in [0.15, 0.2) is 0 Å².